The zero-order valence-corrected chi connectivity index (χ0v) is 15.2. The van der Waals surface area contributed by atoms with Gasteiger partial charge in [0.2, 0.25) is 0 Å². The molecule has 5 rings (SSSR count). The smallest absolute Gasteiger partial charge is 0.122 e. The Bertz CT molecular complexity index is 1260. The fourth-order valence-electron chi connectivity index (χ4n) is 3.50. The third-order valence-corrected chi connectivity index (χ3v) is 4.80. The fourth-order valence-corrected chi connectivity index (χ4v) is 3.50. The molecule has 0 unspecified atom stereocenters. The number of anilines is 1. The van der Waals surface area contributed by atoms with Crippen LogP contribution in [0.3, 0.4) is 0 Å². The van der Waals surface area contributed by atoms with Crippen molar-refractivity contribution in [3.8, 4) is 27.9 Å². The first-order valence-corrected chi connectivity index (χ1v) is 9.16. The van der Waals surface area contributed by atoms with Crippen LogP contribution in [0.15, 0.2) is 97.1 Å². The van der Waals surface area contributed by atoms with E-state index in [4.69, 9.17) is 15.9 Å². The topological polar surface area (TPSA) is 56.7 Å². The van der Waals surface area contributed by atoms with E-state index in [-0.39, 0.29) is 0 Å². The molecule has 0 radical (unpaired) electrons. The third kappa shape index (κ3) is 2.81. The van der Waals surface area contributed by atoms with Crippen molar-refractivity contribution in [1.29, 1.82) is 0 Å². The first-order chi connectivity index (χ1) is 13.8. The summed E-state index contributed by atoms with van der Waals surface area (Å²) in [5.74, 6) is 0. The van der Waals surface area contributed by atoms with E-state index in [1.54, 1.807) is 4.80 Å². The van der Waals surface area contributed by atoms with Gasteiger partial charge < -0.3 is 5.73 Å². The maximum atomic E-state index is 5.94. The Labute approximate surface area is 162 Å². The van der Waals surface area contributed by atoms with Gasteiger partial charge in [-0.25, -0.2) is 0 Å². The summed E-state index contributed by atoms with van der Waals surface area (Å²) >= 11 is 0. The molecule has 4 aromatic carbocycles. The van der Waals surface area contributed by atoms with Gasteiger partial charge in [0.15, 0.2) is 0 Å². The third-order valence-electron chi connectivity index (χ3n) is 4.80. The van der Waals surface area contributed by atoms with Crippen LogP contribution in [0.4, 0.5) is 5.69 Å². The van der Waals surface area contributed by atoms with E-state index in [0.717, 1.165) is 39.0 Å². The number of aromatic nitrogens is 3. The van der Waals surface area contributed by atoms with E-state index in [1.807, 2.05) is 54.6 Å². The highest BCUT2D eigenvalue weighted by Crippen LogP contribution is 2.37. The van der Waals surface area contributed by atoms with E-state index in [2.05, 4.69) is 42.5 Å². The second-order valence-corrected chi connectivity index (χ2v) is 6.67. The minimum Gasteiger partial charge on any atom is -0.399 e. The van der Waals surface area contributed by atoms with Crippen LogP contribution in [0, 0.1) is 0 Å². The number of fused-ring (bicyclic) bond motifs is 1. The van der Waals surface area contributed by atoms with Gasteiger partial charge in [0.25, 0.3) is 0 Å². The standard InChI is InChI=1S/C24H18N4/c25-19-12-7-13-20(16-19)28-26-22-15-14-21(17-8-3-1-4-9-17)23(24(22)27-28)18-10-5-2-6-11-18/h1-16H,25H2. The Morgan fingerprint density at radius 1 is 0.643 bits per heavy atom. The first kappa shape index (κ1) is 16.3. The highest BCUT2D eigenvalue weighted by atomic mass is 15.5. The van der Waals surface area contributed by atoms with Crippen molar-refractivity contribution in [2.24, 2.45) is 0 Å². The molecule has 28 heavy (non-hydrogen) atoms. The molecular formula is C24H18N4. The van der Waals surface area contributed by atoms with Gasteiger partial charge in [-0.05, 0) is 41.0 Å². The number of nitrogen functional groups attached to an aromatic ring is 1. The Morgan fingerprint density at radius 3 is 2.07 bits per heavy atom. The molecule has 0 amide bonds. The number of hydrogen-bond donors (Lipinski definition) is 1. The summed E-state index contributed by atoms with van der Waals surface area (Å²) in [5, 5.41) is 9.53. The van der Waals surface area contributed by atoms with Gasteiger partial charge in [0, 0.05) is 11.3 Å². The Morgan fingerprint density at radius 2 is 1.36 bits per heavy atom. The summed E-state index contributed by atoms with van der Waals surface area (Å²) in [5.41, 5.74) is 13.7. The van der Waals surface area contributed by atoms with E-state index in [1.165, 1.54) is 0 Å². The second kappa shape index (κ2) is 6.67. The highest BCUT2D eigenvalue weighted by Gasteiger charge is 2.16. The van der Waals surface area contributed by atoms with Crippen molar-refractivity contribution in [2.75, 3.05) is 5.73 Å². The quantitative estimate of drug-likeness (QED) is 0.441. The average Bonchev–Trinajstić information content (AvgIpc) is 3.19. The average molecular weight is 362 g/mol. The molecule has 4 nitrogen and oxygen atoms in total. The van der Waals surface area contributed by atoms with E-state index < -0.39 is 0 Å². The van der Waals surface area contributed by atoms with Gasteiger partial charge in [-0.2, -0.15) is 4.80 Å². The lowest BCUT2D eigenvalue weighted by Crippen LogP contribution is -1.99. The maximum absolute atomic E-state index is 5.94. The lowest BCUT2D eigenvalue weighted by molar-refractivity contribution is 0.766. The largest absolute Gasteiger partial charge is 0.399 e. The maximum Gasteiger partial charge on any atom is 0.122 e. The molecule has 0 saturated carbocycles. The molecule has 4 heteroatoms. The van der Waals surface area contributed by atoms with Gasteiger partial charge in [0.05, 0.1) is 5.69 Å². The molecule has 0 aliphatic carbocycles. The number of rotatable bonds is 3. The Hall–Kier alpha value is -3.92. The molecule has 0 aliphatic heterocycles. The molecule has 0 fully saturated rings. The summed E-state index contributed by atoms with van der Waals surface area (Å²) in [6, 6.07) is 32.5. The van der Waals surface area contributed by atoms with Crippen molar-refractivity contribution >= 4 is 16.7 Å². The normalized spacial score (nSPS) is 11.0. The summed E-state index contributed by atoms with van der Waals surface area (Å²) < 4.78 is 0. The van der Waals surface area contributed by atoms with E-state index in [9.17, 15) is 0 Å². The second-order valence-electron chi connectivity index (χ2n) is 6.67. The summed E-state index contributed by atoms with van der Waals surface area (Å²) in [6.45, 7) is 0. The lowest BCUT2D eigenvalue weighted by Gasteiger charge is -2.10. The summed E-state index contributed by atoms with van der Waals surface area (Å²) in [7, 11) is 0. The van der Waals surface area contributed by atoms with Crippen LogP contribution in [-0.4, -0.2) is 15.0 Å². The van der Waals surface area contributed by atoms with Gasteiger partial charge in [0.1, 0.15) is 11.0 Å². The zero-order chi connectivity index (χ0) is 18.9. The number of hydrogen-bond acceptors (Lipinski definition) is 3. The van der Waals surface area contributed by atoms with Crippen molar-refractivity contribution in [3.05, 3.63) is 97.1 Å². The SMILES string of the molecule is Nc1cccc(-n2nc3ccc(-c4ccccc4)c(-c4ccccc4)c3n2)c1. The fraction of sp³-hybridized carbons (Fsp3) is 0. The van der Waals surface area contributed by atoms with Gasteiger partial charge in [-0.3, -0.25) is 0 Å². The minimum absolute atomic E-state index is 0.687. The lowest BCUT2D eigenvalue weighted by atomic mass is 9.93. The Balaban J connectivity index is 1.80. The molecule has 5 aromatic rings. The molecule has 134 valence electrons. The number of nitrogens with zero attached hydrogens (tertiary/aromatic N) is 3. The molecule has 0 spiro atoms. The van der Waals surface area contributed by atoms with Crippen molar-refractivity contribution in [2.45, 2.75) is 0 Å². The van der Waals surface area contributed by atoms with Crippen LogP contribution < -0.4 is 5.73 Å². The van der Waals surface area contributed by atoms with Crippen molar-refractivity contribution in [1.82, 2.24) is 15.0 Å². The zero-order valence-electron chi connectivity index (χ0n) is 15.2. The molecule has 0 bridgehead atoms. The van der Waals surface area contributed by atoms with E-state index in [0.29, 0.717) is 5.69 Å². The highest BCUT2D eigenvalue weighted by molar-refractivity contribution is 6.00. The Kier molecular flexibility index (Phi) is 3.87. The van der Waals surface area contributed by atoms with Gasteiger partial charge in [-0.15, -0.1) is 10.2 Å². The first-order valence-electron chi connectivity index (χ1n) is 9.16. The van der Waals surface area contributed by atoms with Crippen LogP contribution >= 0.6 is 0 Å². The molecular weight excluding hydrogens is 344 g/mol. The van der Waals surface area contributed by atoms with Crippen LogP contribution in [0.5, 0.6) is 0 Å². The van der Waals surface area contributed by atoms with Crippen molar-refractivity contribution in [3.63, 3.8) is 0 Å². The minimum atomic E-state index is 0.687. The van der Waals surface area contributed by atoms with Crippen LogP contribution in [0.2, 0.25) is 0 Å². The number of nitrogens with two attached hydrogens (primary N) is 1. The molecule has 1 aromatic heterocycles. The molecule has 0 atom stereocenters. The summed E-state index contributed by atoms with van der Waals surface area (Å²) in [6.07, 6.45) is 0. The predicted octanol–water partition coefficient (Wildman–Crippen LogP) is 5.34. The van der Waals surface area contributed by atoms with E-state index >= 15 is 0 Å². The monoisotopic (exact) mass is 362 g/mol. The number of benzene rings is 4. The summed E-state index contributed by atoms with van der Waals surface area (Å²) in [4.78, 5) is 1.65. The van der Waals surface area contributed by atoms with Crippen LogP contribution in [0.1, 0.15) is 0 Å². The van der Waals surface area contributed by atoms with Crippen molar-refractivity contribution < 1.29 is 0 Å². The molecule has 1 heterocycles. The van der Waals surface area contributed by atoms with Crippen LogP contribution in [-0.2, 0) is 0 Å². The molecule has 0 saturated heterocycles. The molecule has 0 aliphatic rings. The van der Waals surface area contributed by atoms with Gasteiger partial charge in [-0.1, -0.05) is 72.8 Å². The van der Waals surface area contributed by atoms with Crippen LogP contribution in [0.25, 0.3) is 39.0 Å². The molecule has 2 N–H and O–H groups in total. The predicted molar refractivity (Wildman–Crippen MR) is 114 cm³/mol. The van der Waals surface area contributed by atoms with Gasteiger partial charge >= 0.3 is 0 Å².